The Labute approximate surface area is 151 Å². The van der Waals surface area contributed by atoms with E-state index >= 15 is 0 Å². The molecule has 1 aromatic carbocycles. The van der Waals surface area contributed by atoms with Crippen molar-refractivity contribution in [3.05, 3.63) is 35.4 Å². The van der Waals surface area contributed by atoms with Crippen molar-refractivity contribution in [3.8, 4) is 0 Å². The van der Waals surface area contributed by atoms with E-state index in [1.807, 2.05) is 30.0 Å². The van der Waals surface area contributed by atoms with E-state index in [0.717, 1.165) is 36.9 Å². The van der Waals surface area contributed by atoms with E-state index in [9.17, 15) is 9.59 Å². The maximum absolute atomic E-state index is 12.0. The fourth-order valence-electron chi connectivity index (χ4n) is 3.16. The summed E-state index contributed by atoms with van der Waals surface area (Å²) in [6.45, 7) is 6.23. The summed E-state index contributed by atoms with van der Waals surface area (Å²) in [6.07, 6.45) is 6.18. The second kappa shape index (κ2) is 10.1. The van der Waals surface area contributed by atoms with Crippen LogP contribution in [0, 0.1) is 0 Å². The van der Waals surface area contributed by atoms with Crippen LogP contribution in [0.15, 0.2) is 24.3 Å². The second-order valence-electron chi connectivity index (χ2n) is 6.96. The van der Waals surface area contributed by atoms with E-state index in [2.05, 4.69) is 23.6 Å². The number of carbonyl (C=O) groups excluding carboxylic acids is 2. The van der Waals surface area contributed by atoms with Crippen molar-refractivity contribution in [1.29, 1.82) is 0 Å². The van der Waals surface area contributed by atoms with Gasteiger partial charge in [-0.05, 0) is 30.9 Å². The number of carbonyl (C=O) groups is 2. The average molecular weight is 345 g/mol. The zero-order valence-electron chi connectivity index (χ0n) is 15.5. The number of benzene rings is 1. The largest absolute Gasteiger partial charge is 0.338 e. The number of likely N-dealkylation sites (tertiary alicyclic amines) is 1. The highest BCUT2D eigenvalue weighted by atomic mass is 16.2. The van der Waals surface area contributed by atoms with Crippen LogP contribution in [-0.2, 0) is 17.9 Å². The first-order valence-corrected chi connectivity index (χ1v) is 9.48. The van der Waals surface area contributed by atoms with Gasteiger partial charge in [0.15, 0.2) is 0 Å². The van der Waals surface area contributed by atoms with Crippen LogP contribution < -0.4 is 10.6 Å². The lowest BCUT2D eigenvalue weighted by atomic mass is 10.1. The number of urea groups is 1. The van der Waals surface area contributed by atoms with Crippen LogP contribution in [0.5, 0.6) is 0 Å². The van der Waals surface area contributed by atoms with Crippen LogP contribution in [0.1, 0.15) is 63.5 Å². The lowest BCUT2D eigenvalue weighted by molar-refractivity contribution is -0.128. The van der Waals surface area contributed by atoms with Crippen LogP contribution in [-0.4, -0.2) is 29.4 Å². The molecule has 0 aromatic heterocycles. The summed E-state index contributed by atoms with van der Waals surface area (Å²) in [5.74, 6) is 0.236. The fourth-order valence-corrected chi connectivity index (χ4v) is 3.16. The molecule has 0 bridgehead atoms. The standard InChI is InChI=1S/C20H31N3O2/c1-3-4-5-8-16(2)22-20(25)21-14-17-9-6-10-18(13-17)15-23-12-7-11-19(23)24/h6,9-10,13,16H,3-5,7-8,11-12,14-15H2,1-2H3,(H2,21,22,25). The summed E-state index contributed by atoms with van der Waals surface area (Å²) >= 11 is 0. The molecule has 1 fully saturated rings. The van der Waals surface area contributed by atoms with Crippen molar-refractivity contribution < 1.29 is 9.59 Å². The highest BCUT2D eigenvalue weighted by molar-refractivity contribution is 5.78. The molecule has 1 saturated heterocycles. The molecule has 0 aliphatic carbocycles. The molecule has 3 amide bonds. The molecule has 1 aliphatic heterocycles. The van der Waals surface area contributed by atoms with E-state index < -0.39 is 0 Å². The van der Waals surface area contributed by atoms with Crippen LogP contribution in [0.3, 0.4) is 0 Å². The molecular formula is C20H31N3O2. The number of nitrogens with zero attached hydrogens (tertiary/aromatic N) is 1. The van der Waals surface area contributed by atoms with E-state index in [1.165, 1.54) is 12.8 Å². The molecule has 1 atom stereocenters. The summed E-state index contributed by atoms with van der Waals surface area (Å²) in [6, 6.07) is 8.16. The van der Waals surface area contributed by atoms with E-state index in [-0.39, 0.29) is 18.0 Å². The van der Waals surface area contributed by atoms with Crippen molar-refractivity contribution in [2.75, 3.05) is 6.54 Å². The number of nitrogens with one attached hydrogen (secondary N) is 2. The average Bonchev–Trinajstić information content (AvgIpc) is 2.98. The summed E-state index contributed by atoms with van der Waals surface area (Å²) in [5, 5.41) is 5.90. The smallest absolute Gasteiger partial charge is 0.315 e. The number of hydrogen-bond donors (Lipinski definition) is 2. The number of unbranched alkanes of at least 4 members (excludes halogenated alkanes) is 2. The summed E-state index contributed by atoms with van der Waals surface area (Å²) in [7, 11) is 0. The minimum Gasteiger partial charge on any atom is -0.338 e. The van der Waals surface area contributed by atoms with Crippen molar-refractivity contribution in [1.82, 2.24) is 15.5 Å². The first kappa shape index (κ1) is 19.3. The molecule has 5 heteroatoms. The number of rotatable bonds is 9. The Morgan fingerprint density at radius 3 is 2.80 bits per heavy atom. The van der Waals surface area contributed by atoms with Crippen molar-refractivity contribution in [2.24, 2.45) is 0 Å². The third kappa shape index (κ3) is 6.77. The SMILES string of the molecule is CCCCCC(C)NC(=O)NCc1cccc(CN2CCCC2=O)c1. The predicted molar refractivity (Wildman–Crippen MR) is 100 cm³/mol. The summed E-state index contributed by atoms with van der Waals surface area (Å²) in [4.78, 5) is 25.6. The highest BCUT2D eigenvalue weighted by Gasteiger charge is 2.19. The molecule has 25 heavy (non-hydrogen) atoms. The Balaban J connectivity index is 1.75. The van der Waals surface area contributed by atoms with Gasteiger partial charge in [0.25, 0.3) is 0 Å². The Kier molecular flexibility index (Phi) is 7.76. The molecule has 2 N–H and O–H groups in total. The molecular weight excluding hydrogens is 314 g/mol. The molecule has 0 spiro atoms. The molecule has 138 valence electrons. The Hall–Kier alpha value is -2.04. The molecule has 0 saturated carbocycles. The molecule has 1 aromatic rings. The quantitative estimate of drug-likeness (QED) is 0.672. The molecule has 1 heterocycles. The second-order valence-corrected chi connectivity index (χ2v) is 6.96. The maximum Gasteiger partial charge on any atom is 0.315 e. The highest BCUT2D eigenvalue weighted by Crippen LogP contribution is 2.15. The van der Waals surface area contributed by atoms with Gasteiger partial charge in [-0.15, -0.1) is 0 Å². The normalized spacial score (nSPS) is 15.3. The van der Waals surface area contributed by atoms with Crippen molar-refractivity contribution in [3.63, 3.8) is 0 Å². The van der Waals surface area contributed by atoms with Gasteiger partial charge in [0.2, 0.25) is 5.91 Å². The third-order valence-corrected chi connectivity index (χ3v) is 4.61. The molecule has 1 unspecified atom stereocenters. The summed E-state index contributed by atoms with van der Waals surface area (Å²) in [5.41, 5.74) is 2.17. The number of hydrogen-bond acceptors (Lipinski definition) is 2. The van der Waals surface area contributed by atoms with Crippen molar-refractivity contribution >= 4 is 11.9 Å². The first-order valence-electron chi connectivity index (χ1n) is 9.48. The van der Waals surface area contributed by atoms with Gasteiger partial charge in [-0.1, -0.05) is 50.5 Å². The molecule has 0 radical (unpaired) electrons. The first-order chi connectivity index (χ1) is 12.1. The van der Waals surface area contributed by atoms with Crippen LogP contribution in [0.25, 0.3) is 0 Å². The van der Waals surface area contributed by atoms with Gasteiger partial charge in [-0.3, -0.25) is 4.79 Å². The van der Waals surface area contributed by atoms with E-state index in [1.54, 1.807) is 0 Å². The molecule has 5 nitrogen and oxygen atoms in total. The minimum atomic E-state index is -0.121. The van der Waals surface area contributed by atoms with Gasteiger partial charge in [-0.25, -0.2) is 4.79 Å². The Morgan fingerprint density at radius 2 is 2.08 bits per heavy atom. The molecule has 2 rings (SSSR count). The van der Waals surface area contributed by atoms with Crippen LogP contribution in [0.4, 0.5) is 4.79 Å². The Bertz CT molecular complexity index is 574. The monoisotopic (exact) mass is 345 g/mol. The van der Waals surface area contributed by atoms with Gasteiger partial charge in [0.05, 0.1) is 0 Å². The summed E-state index contributed by atoms with van der Waals surface area (Å²) < 4.78 is 0. The van der Waals surface area contributed by atoms with Gasteiger partial charge in [0, 0.05) is 32.1 Å². The zero-order chi connectivity index (χ0) is 18.1. The van der Waals surface area contributed by atoms with Crippen LogP contribution >= 0.6 is 0 Å². The van der Waals surface area contributed by atoms with Gasteiger partial charge in [-0.2, -0.15) is 0 Å². The minimum absolute atomic E-state index is 0.121. The van der Waals surface area contributed by atoms with Gasteiger partial charge >= 0.3 is 6.03 Å². The third-order valence-electron chi connectivity index (χ3n) is 4.61. The van der Waals surface area contributed by atoms with Gasteiger partial charge < -0.3 is 15.5 Å². The van der Waals surface area contributed by atoms with Crippen molar-refractivity contribution in [2.45, 2.75) is 71.5 Å². The topological polar surface area (TPSA) is 61.4 Å². The molecule has 1 aliphatic rings. The zero-order valence-corrected chi connectivity index (χ0v) is 15.5. The lowest BCUT2D eigenvalue weighted by Crippen LogP contribution is -2.40. The van der Waals surface area contributed by atoms with E-state index in [0.29, 0.717) is 19.5 Å². The fraction of sp³-hybridized carbons (Fsp3) is 0.600. The number of amides is 3. The van der Waals surface area contributed by atoms with Crippen LogP contribution in [0.2, 0.25) is 0 Å². The van der Waals surface area contributed by atoms with E-state index in [4.69, 9.17) is 0 Å². The Morgan fingerprint density at radius 1 is 1.28 bits per heavy atom. The predicted octanol–water partition coefficient (Wildman–Crippen LogP) is 3.58. The lowest BCUT2D eigenvalue weighted by Gasteiger charge is -2.17. The van der Waals surface area contributed by atoms with Gasteiger partial charge in [0.1, 0.15) is 0 Å². The maximum atomic E-state index is 12.0.